The van der Waals surface area contributed by atoms with Crippen molar-refractivity contribution in [3.05, 3.63) is 29.3 Å². The van der Waals surface area contributed by atoms with Crippen LogP contribution in [0.3, 0.4) is 0 Å². The Balaban J connectivity index is 2.63. The van der Waals surface area contributed by atoms with Gasteiger partial charge in [0.1, 0.15) is 0 Å². The van der Waals surface area contributed by atoms with Crippen LogP contribution in [-0.2, 0) is 0 Å². The summed E-state index contributed by atoms with van der Waals surface area (Å²) in [4.78, 5) is 11.5. The molecule has 2 rings (SSSR count). The van der Waals surface area contributed by atoms with E-state index in [1.54, 1.807) is 6.07 Å². The summed E-state index contributed by atoms with van der Waals surface area (Å²) < 4.78 is 0. The first kappa shape index (κ1) is 8.10. The summed E-state index contributed by atoms with van der Waals surface area (Å²) in [7, 11) is 0. The van der Waals surface area contributed by atoms with Crippen molar-refractivity contribution in [1.82, 2.24) is 5.32 Å². The van der Waals surface area contributed by atoms with Crippen molar-refractivity contribution in [3.8, 4) is 0 Å². The average molecular weight is 176 g/mol. The van der Waals surface area contributed by atoms with Crippen LogP contribution < -0.4 is 11.1 Å². The number of nitrogens with one attached hydrogen (secondary N) is 1. The number of fused-ring (bicyclic) bond motifs is 1. The lowest BCUT2D eigenvalue weighted by Crippen LogP contribution is -2.34. The molecule has 1 aliphatic heterocycles. The average Bonchev–Trinajstić information content (AvgIpc) is 2.12. The summed E-state index contributed by atoms with van der Waals surface area (Å²) in [5, 5.41) is 2.81. The normalized spacial score (nSPS) is 20.7. The number of rotatable bonds is 0. The standard InChI is InChI=1S/C10H12N2O/c1-6-5-12-10(13)9-7(6)3-2-4-8(9)11/h2-4,6H,5,11H2,1H3,(H,12,13)/t6-/m0/s1. The van der Waals surface area contributed by atoms with Gasteiger partial charge in [-0.25, -0.2) is 0 Å². The molecule has 0 unspecified atom stereocenters. The van der Waals surface area contributed by atoms with E-state index in [9.17, 15) is 4.79 Å². The first-order valence-corrected chi connectivity index (χ1v) is 4.36. The highest BCUT2D eigenvalue weighted by molar-refractivity contribution is 6.01. The summed E-state index contributed by atoms with van der Waals surface area (Å²) in [6.45, 7) is 2.78. The minimum absolute atomic E-state index is 0.0498. The number of nitrogen functional groups attached to an aromatic ring is 1. The van der Waals surface area contributed by atoms with E-state index in [4.69, 9.17) is 5.73 Å². The third kappa shape index (κ3) is 1.16. The van der Waals surface area contributed by atoms with Crippen LogP contribution in [0.25, 0.3) is 0 Å². The maximum absolute atomic E-state index is 11.5. The molecule has 13 heavy (non-hydrogen) atoms. The first-order chi connectivity index (χ1) is 6.20. The van der Waals surface area contributed by atoms with Gasteiger partial charge in [-0.15, -0.1) is 0 Å². The summed E-state index contributed by atoms with van der Waals surface area (Å²) in [6, 6.07) is 5.62. The lowest BCUT2D eigenvalue weighted by atomic mass is 9.91. The maximum Gasteiger partial charge on any atom is 0.253 e. The Morgan fingerprint density at radius 1 is 1.54 bits per heavy atom. The van der Waals surface area contributed by atoms with Crippen molar-refractivity contribution in [2.75, 3.05) is 12.3 Å². The smallest absolute Gasteiger partial charge is 0.253 e. The molecule has 0 aromatic heterocycles. The Hall–Kier alpha value is -1.51. The van der Waals surface area contributed by atoms with Crippen LogP contribution in [0.15, 0.2) is 18.2 Å². The summed E-state index contributed by atoms with van der Waals surface area (Å²) >= 11 is 0. The zero-order valence-corrected chi connectivity index (χ0v) is 7.50. The van der Waals surface area contributed by atoms with Crippen molar-refractivity contribution in [2.24, 2.45) is 0 Å². The highest BCUT2D eigenvalue weighted by atomic mass is 16.1. The molecule has 3 heteroatoms. The Kier molecular flexibility index (Phi) is 1.72. The van der Waals surface area contributed by atoms with Crippen LogP contribution in [0, 0.1) is 0 Å². The van der Waals surface area contributed by atoms with E-state index < -0.39 is 0 Å². The third-order valence-electron chi connectivity index (χ3n) is 2.46. The van der Waals surface area contributed by atoms with E-state index in [2.05, 4.69) is 12.2 Å². The number of benzene rings is 1. The number of nitrogens with two attached hydrogens (primary N) is 1. The molecule has 1 atom stereocenters. The topological polar surface area (TPSA) is 55.1 Å². The van der Waals surface area contributed by atoms with Gasteiger partial charge in [0.15, 0.2) is 0 Å². The van der Waals surface area contributed by atoms with Gasteiger partial charge in [-0.05, 0) is 17.5 Å². The Morgan fingerprint density at radius 3 is 3.00 bits per heavy atom. The summed E-state index contributed by atoms with van der Waals surface area (Å²) in [5.74, 6) is 0.308. The van der Waals surface area contributed by atoms with Gasteiger partial charge in [-0.1, -0.05) is 19.1 Å². The zero-order chi connectivity index (χ0) is 9.42. The summed E-state index contributed by atoms with van der Waals surface area (Å²) in [5.41, 5.74) is 8.02. The highest BCUT2D eigenvalue weighted by Gasteiger charge is 2.23. The number of hydrogen-bond acceptors (Lipinski definition) is 2. The van der Waals surface area contributed by atoms with Crippen LogP contribution in [0.5, 0.6) is 0 Å². The molecule has 1 aromatic rings. The molecule has 3 nitrogen and oxygen atoms in total. The van der Waals surface area contributed by atoms with Gasteiger partial charge >= 0.3 is 0 Å². The predicted octanol–water partition coefficient (Wildman–Crippen LogP) is 1.12. The van der Waals surface area contributed by atoms with Crippen molar-refractivity contribution in [1.29, 1.82) is 0 Å². The second kappa shape index (κ2) is 2.76. The molecule has 0 fully saturated rings. The highest BCUT2D eigenvalue weighted by Crippen LogP contribution is 2.27. The molecular formula is C10H12N2O. The number of carbonyl (C=O) groups excluding carboxylic acids is 1. The largest absolute Gasteiger partial charge is 0.398 e. The van der Waals surface area contributed by atoms with Crippen LogP contribution >= 0.6 is 0 Å². The molecule has 0 bridgehead atoms. The van der Waals surface area contributed by atoms with Crippen molar-refractivity contribution in [2.45, 2.75) is 12.8 Å². The SMILES string of the molecule is C[C@H]1CNC(=O)c2c(N)cccc21. The van der Waals surface area contributed by atoms with E-state index in [0.717, 1.165) is 5.56 Å². The fraction of sp³-hybridized carbons (Fsp3) is 0.300. The van der Waals surface area contributed by atoms with Crippen molar-refractivity contribution >= 4 is 11.6 Å². The lowest BCUT2D eigenvalue weighted by molar-refractivity contribution is 0.0942. The van der Waals surface area contributed by atoms with Gasteiger partial charge in [0.05, 0.1) is 5.56 Å². The van der Waals surface area contributed by atoms with Crippen LogP contribution in [0.2, 0.25) is 0 Å². The molecule has 0 spiro atoms. The molecule has 0 saturated heterocycles. The van der Waals surface area contributed by atoms with Crippen LogP contribution in [0.1, 0.15) is 28.8 Å². The minimum Gasteiger partial charge on any atom is -0.398 e. The monoisotopic (exact) mass is 176 g/mol. The molecule has 1 heterocycles. The van der Waals surface area contributed by atoms with E-state index in [-0.39, 0.29) is 5.91 Å². The fourth-order valence-electron chi connectivity index (χ4n) is 1.71. The zero-order valence-electron chi connectivity index (χ0n) is 7.50. The van der Waals surface area contributed by atoms with E-state index in [1.165, 1.54) is 0 Å². The fourth-order valence-corrected chi connectivity index (χ4v) is 1.71. The molecule has 0 saturated carbocycles. The Labute approximate surface area is 76.9 Å². The molecular weight excluding hydrogens is 164 g/mol. The van der Waals surface area contributed by atoms with Crippen molar-refractivity contribution in [3.63, 3.8) is 0 Å². The van der Waals surface area contributed by atoms with Gasteiger partial charge < -0.3 is 11.1 Å². The van der Waals surface area contributed by atoms with Crippen LogP contribution in [0.4, 0.5) is 5.69 Å². The van der Waals surface area contributed by atoms with E-state index >= 15 is 0 Å². The molecule has 1 amide bonds. The molecule has 1 aliphatic rings. The second-order valence-electron chi connectivity index (χ2n) is 3.42. The first-order valence-electron chi connectivity index (χ1n) is 4.36. The quantitative estimate of drug-likeness (QED) is 0.582. The number of carbonyl (C=O) groups is 1. The van der Waals surface area contributed by atoms with Gasteiger partial charge in [-0.3, -0.25) is 4.79 Å². The Morgan fingerprint density at radius 2 is 2.31 bits per heavy atom. The third-order valence-corrected chi connectivity index (χ3v) is 2.46. The number of hydrogen-bond donors (Lipinski definition) is 2. The number of anilines is 1. The molecule has 1 aromatic carbocycles. The molecule has 3 N–H and O–H groups in total. The molecule has 0 radical (unpaired) electrons. The minimum atomic E-state index is -0.0498. The maximum atomic E-state index is 11.5. The molecule has 68 valence electrons. The van der Waals surface area contributed by atoms with Gasteiger partial charge in [0, 0.05) is 12.2 Å². The Bertz CT molecular complexity index is 360. The van der Waals surface area contributed by atoms with Crippen LogP contribution in [-0.4, -0.2) is 12.5 Å². The lowest BCUT2D eigenvalue weighted by Gasteiger charge is -2.23. The van der Waals surface area contributed by atoms with Gasteiger partial charge in [-0.2, -0.15) is 0 Å². The number of amides is 1. The second-order valence-corrected chi connectivity index (χ2v) is 3.42. The van der Waals surface area contributed by atoms with E-state index in [1.807, 2.05) is 12.1 Å². The van der Waals surface area contributed by atoms with Crippen molar-refractivity contribution < 1.29 is 4.79 Å². The van der Waals surface area contributed by atoms with Gasteiger partial charge in [0.25, 0.3) is 5.91 Å². The molecule has 0 aliphatic carbocycles. The predicted molar refractivity (Wildman–Crippen MR) is 51.6 cm³/mol. The van der Waals surface area contributed by atoms with Gasteiger partial charge in [0.2, 0.25) is 0 Å². The summed E-state index contributed by atoms with van der Waals surface area (Å²) in [6.07, 6.45) is 0. The van der Waals surface area contributed by atoms with E-state index in [0.29, 0.717) is 23.7 Å².